The summed E-state index contributed by atoms with van der Waals surface area (Å²) in [6.45, 7) is 0. The zero-order valence-electron chi connectivity index (χ0n) is 11.3. The lowest BCUT2D eigenvalue weighted by Gasteiger charge is -2.12. The third-order valence-corrected chi connectivity index (χ3v) is 3.68. The van der Waals surface area contributed by atoms with E-state index in [1.54, 1.807) is 0 Å². The van der Waals surface area contributed by atoms with Crippen LogP contribution in [0.15, 0.2) is 42.5 Å². The van der Waals surface area contributed by atoms with Gasteiger partial charge in [-0.15, -0.1) is 0 Å². The van der Waals surface area contributed by atoms with Crippen molar-refractivity contribution in [2.45, 2.75) is 6.18 Å². The third-order valence-electron chi connectivity index (χ3n) is 2.68. The Hall–Kier alpha value is -2.68. The highest BCUT2D eigenvalue weighted by molar-refractivity contribution is 7.16. The Morgan fingerprint density at radius 2 is 1.91 bits per heavy atom. The summed E-state index contributed by atoms with van der Waals surface area (Å²) >= 11 is 0.851. The molecule has 0 bridgehead atoms. The average molecular weight is 342 g/mol. The number of halogens is 3. The number of anilines is 1. The van der Waals surface area contributed by atoms with E-state index in [9.17, 15) is 28.1 Å². The Morgan fingerprint density at radius 3 is 2.52 bits per heavy atom. The lowest BCUT2D eigenvalue weighted by molar-refractivity contribution is -0.380. The van der Waals surface area contributed by atoms with Crippen LogP contribution in [0.2, 0.25) is 0 Å². The van der Waals surface area contributed by atoms with Gasteiger partial charge in [-0.2, -0.15) is 13.2 Å². The van der Waals surface area contributed by atoms with Crippen LogP contribution in [-0.2, 0) is 11.0 Å². The molecule has 1 heterocycles. The Kier molecular flexibility index (Phi) is 4.80. The minimum Gasteiger partial charge on any atom is -0.322 e. The van der Waals surface area contributed by atoms with Gasteiger partial charge in [0, 0.05) is 17.0 Å². The van der Waals surface area contributed by atoms with Crippen LogP contribution in [0, 0.1) is 10.1 Å². The number of nitrogens with one attached hydrogen (secondary N) is 1. The molecular formula is C14H9F3N2O3S. The summed E-state index contributed by atoms with van der Waals surface area (Å²) in [6, 6.07) is 7.32. The summed E-state index contributed by atoms with van der Waals surface area (Å²) < 4.78 is 38.4. The van der Waals surface area contributed by atoms with E-state index in [0.717, 1.165) is 29.5 Å². The fraction of sp³-hybridized carbons (Fsp3) is 0.0714. The number of amides is 1. The number of carbonyl (C=O) groups excluding carboxylic acids is 1. The molecule has 0 saturated carbocycles. The third kappa shape index (κ3) is 4.39. The Labute approximate surface area is 132 Å². The first-order valence-corrected chi connectivity index (χ1v) is 6.98. The van der Waals surface area contributed by atoms with Crippen LogP contribution in [0.1, 0.15) is 10.4 Å². The van der Waals surface area contributed by atoms with E-state index in [-0.39, 0.29) is 10.7 Å². The molecule has 1 aromatic carbocycles. The fourth-order valence-corrected chi connectivity index (χ4v) is 2.43. The highest BCUT2D eigenvalue weighted by Gasteiger charge is 2.33. The molecule has 9 heteroatoms. The molecule has 1 N–H and O–H groups in total. The largest absolute Gasteiger partial charge is 0.418 e. The highest BCUT2D eigenvalue weighted by atomic mass is 32.1. The normalized spacial score (nSPS) is 11.6. The maximum Gasteiger partial charge on any atom is 0.418 e. The van der Waals surface area contributed by atoms with E-state index in [1.165, 1.54) is 30.3 Å². The number of thiophene rings is 1. The standard InChI is InChI=1S/C14H9F3N2O3S/c15-14(16,17)10-3-1-2-4-11(10)18-12(20)7-5-9-6-8-13(23-9)19(21)22/h1-8H,(H,18,20)/b7-5+. The smallest absolute Gasteiger partial charge is 0.322 e. The number of carbonyl (C=O) groups is 1. The van der Waals surface area contributed by atoms with Crippen molar-refractivity contribution in [3.63, 3.8) is 0 Å². The molecule has 0 saturated heterocycles. The molecule has 0 unspecified atom stereocenters. The van der Waals surface area contributed by atoms with Gasteiger partial charge in [0.2, 0.25) is 5.91 Å². The molecule has 0 aliphatic heterocycles. The second-order valence-corrected chi connectivity index (χ2v) is 5.39. The highest BCUT2D eigenvalue weighted by Crippen LogP contribution is 2.34. The van der Waals surface area contributed by atoms with E-state index in [0.29, 0.717) is 4.88 Å². The molecule has 0 aliphatic carbocycles. The molecule has 0 radical (unpaired) electrons. The van der Waals surface area contributed by atoms with Crippen molar-refractivity contribution in [1.29, 1.82) is 0 Å². The molecule has 0 atom stereocenters. The predicted molar refractivity (Wildman–Crippen MR) is 80.1 cm³/mol. The molecule has 2 aromatic rings. The van der Waals surface area contributed by atoms with Crippen LogP contribution in [0.5, 0.6) is 0 Å². The molecule has 1 aromatic heterocycles. The van der Waals surface area contributed by atoms with Gasteiger partial charge in [-0.1, -0.05) is 23.5 Å². The second-order valence-electron chi connectivity index (χ2n) is 4.30. The van der Waals surface area contributed by atoms with E-state index in [2.05, 4.69) is 5.32 Å². The second kappa shape index (κ2) is 6.61. The number of nitro groups is 1. The zero-order chi connectivity index (χ0) is 17.0. The van der Waals surface area contributed by atoms with Crippen LogP contribution in [-0.4, -0.2) is 10.8 Å². The molecule has 0 fully saturated rings. The van der Waals surface area contributed by atoms with Gasteiger partial charge in [0.25, 0.3) is 0 Å². The van der Waals surface area contributed by atoms with Crippen molar-refractivity contribution in [3.8, 4) is 0 Å². The number of benzene rings is 1. The lowest BCUT2D eigenvalue weighted by atomic mass is 10.1. The molecule has 1 amide bonds. The van der Waals surface area contributed by atoms with Crippen molar-refractivity contribution in [3.05, 3.63) is 63.0 Å². The van der Waals surface area contributed by atoms with Crippen molar-refractivity contribution in [1.82, 2.24) is 0 Å². The quantitative estimate of drug-likeness (QED) is 0.511. The number of hydrogen-bond acceptors (Lipinski definition) is 4. The van der Waals surface area contributed by atoms with E-state index in [1.807, 2.05) is 0 Å². The zero-order valence-corrected chi connectivity index (χ0v) is 12.1. The van der Waals surface area contributed by atoms with Gasteiger partial charge in [-0.3, -0.25) is 14.9 Å². The van der Waals surface area contributed by atoms with Crippen molar-refractivity contribution < 1.29 is 22.9 Å². The minimum atomic E-state index is -4.58. The monoisotopic (exact) mass is 342 g/mol. The Morgan fingerprint density at radius 1 is 1.22 bits per heavy atom. The molecule has 120 valence electrons. The minimum absolute atomic E-state index is 0.0903. The summed E-state index contributed by atoms with van der Waals surface area (Å²) in [4.78, 5) is 22.1. The first-order valence-electron chi connectivity index (χ1n) is 6.17. The first kappa shape index (κ1) is 16.7. The Bertz CT molecular complexity index is 769. The molecular weight excluding hydrogens is 333 g/mol. The summed E-state index contributed by atoms with van der Waals surface area (Å²) in [5.41, 5.74) is -1.31. The topological polar surface area (TPSA) is 72.2 Å². The van der Waals surface area contributed by atoms with Crippen molar-refractivity contribution in [2.75, 3.05) is 5.32 Å². The summed E-state index contributed by atoms with van der Waals surface area (Å²) in [5.74, 6) is -0.766. The van der Waals surface area contributed by atoms with Crippen LogP contribution in [0.4, 0.5) is 23.9 Å². The molecule has 5 nitrogen and oxygen atoms in total. The predicted octanol–water partition coefficient (Wildman–Crippen LogP) is 4.33. The number of para-hydroxylation sites is 1. The van der Waals surface area contributed by atoms with Crippen LogP contribution in [0.3, 0.4) is 0 Å². The number of nitrogens with zero attached hydrogens (tertiary/aromatic N) is 1. The average Bonchev–Trinajstić information content (AvgIpc) is 2.94. The lowest BCUT2D eigenvalue weighted by Crippen LogP contribution is -2.14. The number of rotatable bonds is 4. The molecule has 23 heavy (non-hydrogen) atoms. The van der Waals surface area contributed by atoms with Crippen molar-refractivity contribution >= 4 is 34.0 Å². The molecule has 0 spiro atoms. The SMILES string of the molecule is O=C(/C=C/c1ccc([N+](=O)[O-])s1)Nc1ccccc1C(F)(F)F. The molecule has 0 aliphatic rings. The van der Waals surface area contributed by atoms with Gasteiger partial charge in [-0.05, 0) is 24.3 Å². The van der Waals surface area contributed by atoms with Crippen LogP contribution in [0.25, 0.3) is 6.08 Å². The summed E-state index contributed by atoms with van der Waals surface area (Å²) in [6.07, 6.45) is -2.27. The number of alkyl halides is 3. The first-order chi connectivity index (χ1) is 10.8. The fourth-order valence-electron chi connectivity index (χ4n) is 1.70. The summed E-state index contributed by atoms with van der Waals surface area (Å²) in [5, 5.41) is 12.6. The Balaban J connectivity index is 2.11. The maximum absolute atomic E-state index is 12.8. The van der Waals surface area contributed by atoms with E-state index in [4.69, 9.17) is 0 Å². The van der Waals surface area contributed by atoms with Gasteiger partial charge in [-0.25, -0.2) is 0 Å². The van der Waals surface area contributed by atoms with Gasteiger partial charge in [0.1, 0.15) is 0 Å². The molecule has 2 rings (SSSR count). The summed E-state index contributed by atoms with van der Waals surface area (Å²) in [7, 11) is 0. The van der Waals surface area contributed by atoms with Gasteiger partial charge in [0.05, 0.1) is 16.2 Å². The number of hydrogen-bond donors (Lipinski definition) is 1. The van der Waals surface area contributed by atoms with E-state index >= 15 is 0 Å². The van der Waals surface area contributed by atoms with Gasteiger partial charge < -0.3 is 5.32 Å². The van der Waals surface area contributed by atoms with Crippen LogP contribution >= 0.6 is 11.3 Å². The van der Waals surface area contributed by atoms with E-state index < -0.39 is 22.6 Å². The maximum atomic E-state index is 12.8. The van der Waals surface area contributed by atoms with Crippen molar-refractivity contribution in [2.24, 2.45) is 0 Å². The van der Waals surface area contributed by atoms with Gasteiger partial charge in [0.15, 0.2) is 0 Å². The van der Waals surface area contributed by atoms with Gasteiger partial charge >= 0.3 is 11.2 Å². The van der Waals surface area contributed by atoms with Crippen LogP contribution < -0.4 is 5.32 Å².